The van der Waals surface area contributed by atoms with Gasteiger partial charge in [0.15, 0.2) is 17.3 Å². The Morgan fingerprint density at radius 3 is 2.55 bits per heavy atom. The predicted octanol–water partition coefficient (Wildman–Crippen LogP) is 3.55. The van der Waals surface area contributed by atoms with Crippen LogP contribution in [0.1, 0.15) is 49.7 Å². The molecule has 1 atom stereocenters. The molecule has 1 aromatic carbocycles. The van der Waals surface area contributed by atoms with E-state index < -0.39 is 55.6 Å². The van der Waals surface area contributed by atoms with Gasteiger partial charge in [0.1, 0.15) is 29.4 Å². The van der Waals surface area contributed by atoms with Crippen LogP contribution in [0.2, 0.25) is 0 Å². The number of benzene rings is 1. The number of aromatic nitrogens is 7. The molecular weight excluding hydrogens is 656 g/mol. The molecule has 49 heavy (non-hydrogen) atoms. The van der Waals surface area contributed by atoms with Crippen LogP contribution in [0.5, 0.6) is 5.75 Å². The van der Waals surface area contributed by atoms with Crippen molar-refractivity contribution in [2.75, 3.05) is 31.6 Å². The first-order valence-corrected chi connectivity index (χ1v) is 17.5. The minimum absolute atomic E-state index is 0.00246. The molecule has 2 fully saturated rings. The summed E-state index contributed by atoms with van der Waals surface area (Å²) in [5, 5.41) is 14.6. The zero-order valence-electron chi connectivity index (χ0n) is 27.4. The zero-order valence-corrected chi connectivity index (χ0v) is 28.2. The van der Waals surface area contributed by atoms with E-state index in [0.717, 1.165) is 16.2 Å². The number of rotatable bonds is 8. The van der Waals surface area contributed by atoms with Crippen molar-refractivity contribution in [3.8, 4) is 22.7 Å². The monoisotopic (exact) mass is 691 g/mol. The van der Waals surface area contributed by atoms with Crippen LogP contribution in [-0.4, -0.2) is 90.1 Å². The van der Waals surface area contributed by atoms with E-state index in [2.05, 4.69) is 29.9 Å². The van der Waals surface area contributed by atoms with Crippen LogP contribution < -0.4 is 10.6 Å². The Morgan fingerprint density at radius 2 is 1.84 bits per heavy atom. The fourth-order valence-electron chi connectivity index (χ4n) is 6.42. The first kappa shape index (κ1) is 32.7. The number of anilines is 1. The quantitative estimate of drug-likeness (QED) is 0.254. The van der Waals surface area contributed by atoms with Gasteiger partial charge in [0.25, 0.3) is 10.0 Å². The number of nitrogens with zero attached hydrogens (tertiary/aromatic N) is 9. The molecule has 1 aliphatic heterocycles. The van der Waals surface area contributed by atoms with Gasteiger partial charge in [-0.1, -0.05) is 19.9 Å². The van der Waals surface area contributed by atoms with Crippen LogP contribution in [0, 0.1) is 18.6 Å². The van der Waals surface area contributed by atoms with Gasteiger partial charge in [-0.15, -0.1) is 9.19 Å². The van der Waals surface area contributed by atoms with Crippen molar-refractivity contribution in [3.05, 3.63) is 82.1 Å². The fourth-order valence-corrected chi connectivity index (χ4v) is 7.85. The molecule has 0 bridgehead atoms. The summed E-state index contributed by atoms with van der Waals surface area (Å²) in [5.74, 6) is -1.99. The Labute approximate surface area is 280 Å². The predicted molar refractivity (Wildman–Crippen MR) is 178 cm³/mol. The van der Waals surface area contributed by atoms with E-state index in [4.69, 9.17) is 0 Å². The normalized spacial score (nSPS) is 17.4. The molecule has 1 N–H and O–H groups in total. The molecule has 256 valence electrons. The minimum Gasteiger partial charge on any atom is -0.507 e. The third-order valence-electron chi connectivity index (χ3n) is 9.06. The van der Waals surface area contributed by atoms with Crippen molar-refractivity contribution in [3.63, 3.8) is 0 Å². The van der Waals surface area contributed by atoms with Crippen LogP contribution in [0.3, 0.4) is 0 Å². The van der Waals surface area contributed by atoms with Crippen LogP contribution in [0.4, 0.5) is 14.6 Å². The van der Waals surface area contributed by atoms with E-state index in [1.165, 1.54) is 23.0 Å². The molecular formula is C33H35F2N9O4S. The van der Waals surface area contributed by atoms with Gasteiger partial charge < -0.3 is 14.9 Å². The first-order chi connectivity index (χ1) is 23.3. The van der Waals surface area contributed by atoms with E-state index in [9.17, 15) is 18.3 Å². The lowest BCUT2D eigenvalue weighted by Crippen LogP contribution is -2.54. The maximum atomic E-state index is 16.2. The molecule has 1 aliphatic carbocycles. The van der Waals surface area contributed by atoms with Crippen LogP contribution in [0.25, 0.3) is 28.0 Å². The number of phenolic OH excluding ortho intramolecular Hbond substituents is 1. The van der Waals surface area contributed by atoms with E-state index in [1.807, 2.05) is 32.7 Å². The van der Waals surface area contributed by atoms with E-state index in [-0.39, 0.29) is 29.2 Å². The number of hydrogen-bond acceptors (Lipinski definition) is 11. The maximum Gasteiger partial charge on any atom is 0.355 e. The van der Waals surface area contributed by atoms with Crippen molar-refractivity contribution in [2.45, 2.75) is 57.2 Å². The molecule has 2 aliphatic rings. The van der Waals surface area contributed by atoms with E-state index in [1.54, 1.807) is 12.3 Å². The number of phenols is 1. The maximum absolute atomic E-state index is 16.2. The van der Waals surface area contributed by atoms with Crippen molar-refractivity contribution >= 4 is 26.9 Å². The van der Waals surface area contributed by atoms with E-state index >= 15 is 8.78 Å². The molecule has 5 heterocycles. The topological polar surface area (TPSA) is 152 Å². The SMILES string of the molecule is Cc1ccnc(C(C)C)c1-n1c(=O)nc(N2CCN(C)CC2Cc2ncn(S(=O)(=O)C3CC3)n2)c2cc(F)c(-c3c(O)cccc3F)nc21. The summed E-state index contributed by atoms with van der Waals surface area (Å²) in [6.45, 7) is 7.11. The number of halogens is 2. The van der Waals surface area contributed by atoms with Crippen LogP contribution in [-0.2, 0) is 16.4 Å². The highest BCUT2D eigenvalue weighted by atomic mass is 32.2. The zero-order chi connectivity index (χ0) is 34.8. The molecule has 0 spiro atoms. The summed E-state index contributed by atoms with van der Waals surface area (Å²) in [7, 11) is -1.68. The van der Waals surface area contributed by atoms with Crippen molar-refractivity contribution in [2.24, 2.45) is 0 Å². The third-order valence-corrected chi connectivity index (χ3v) is 11.1. The molecule has 13 nitrogen and oxygen atoms in total. The average Bonchev–Trinajstić information content (AvgIpc) is 3.81. The van der Waals surface area contributed by atoms with Gasteiger partial charge in [0.05, 0.1) is 33.6 Å². The lowest BCUT2D eigenvalue weighted by Gasteiger charge is -2.40. The van der Waals surface area contributed by atoms with Gasteiger partial charge in [-0.2, -0.15) is 4.98 Å². The van der Waals surface area contributed by atoms with Gasteiger partial charge in [-0.25, -0.2) is 36.5 Å². The van der Waals surface area contributed by atoms with Crippen LogP contribution in [0.15, 0.2) is 47.7 Å². The van der Waals surface area contributed by atoms with Crippen molar-refractivity contribution < 1.29 is 22.3 Å². The Kier molecular flexibility index (Phi) is 8.17. The standard InChI is InChI=1S/C33H35F2N9O4S/c1-18(2)28-30(19(3)10-11-36-28)44-32-22(15-24(35)29(38-32)27-23(34)6-5-7-25(27)45)31(39-33(44)46)42-13-12-41(4)16-20(42)14-26-37-17-43(40-26)49(47,48)21-8-9-21/h5-7,10-11,15,17-18,20-21,45H,8-9,12-14,16H2,1-4H3. The number of pyridine rings is 2. The summed E-state index contributed by atoms with van der Waals surface area (Å²) in [5.41, 5.74) is 0.0876. The van der Waals surface area contributed by atoms with Gasteiger partial charge in [-0.3, -0.25) is 4.98 Å². The van der Waals surface area contributed by atoms with Crippen molar-refractivity contribution in [1.29, 1.82) is 0 Å². The van der Waals surface area contributed by atoms with Crippen molar-refractivity contribution in [1.82, 2.24) is 38.6 Å². The van der Waals surface area contributed by atoms with Crippen LogP contribution >= 0.6 is 0 Å². The minimum atomic E-state index is -3.62. The number of aromatic hydroxyl groups is 1. The number of hydrogen-bond donors (Lipinski definition) is 1. The Balaban J connectivity index is 1.43. The Bertz CT molecular complexity index is 2250. The fraction of sp³-hybridized carbons (Fsp3) is 0.394. The summed E-state index contributed by atoms with van der Waals surface area (Å²) >= 11 is 0. The Morgan fingerprint density at radius 1 is 1.06 bits per heavy atom. The van der Waals surface area contributed by atoms with E-state index in [0.29, 0.717) is 55.2 Å². The Hall–Kier alpha value is -4.83. The lowest BCUT2D eigenvalue weighted by atomic mass is 10.0. The highest BCUT2D eigenvalue weighted by Gasteiger charge is 2.38. The molecule has 1 saturated heterocycles. The average molecular weight is 692 g/mol. The third kappa shape index (κ3) is 5.82. The lowest BCUT2D eigenvalue weighted by molar-refractivity contribution is 0.264. The largest absolute Gasteiger partial charge is 0.507 e. The van der Waals surface area contributed by atoms with Gasteiger partial charge in [0, 0.05) is 32.3 Å². The highest BCUT2D eigenvalue weighted by Crippen LogP contribution is 2.37. The second-order valence-corrected chi connectivity index (χ2v) is 15.1. The molecule has 0 radical (unpaired) electrons. The molecule has 0 amide bonds. The molecule has 1 unspecified atom stereocenters. The summed E-state index contributed by atoms with van der Waals surface area (Å²) in [6.07, 6.45) is 4.22. The van der Waals surface area contributed by atoms with Gasteiger partial charge >= 0.3 is 5.69 Å². The summed E-state index contributed by atoms with van der Waals surface area (Å²) in [6, 6.07) is 6.13. The second kappa shape index (κ2) is 12.2. The van der Waals surface area contributed by atoms with Gasteiger partial charge in [-0.05, 0) is 62.6 Å². The number of fused-ring (bicyclic) bond motifs is 1. The summed E-state index contributed by atoms with van der Waals surface area (Å²) in [4.78, 5) is 36.1. The smallest absolute Gasteiger partial charge is 0.355 e. The molecule has 5 aromatic rings. The second-order valence-electron chi connectivity index (χ2n) is 13.0. The highest BCUT2D eigenvalue weighted by molar-refractivity contribution is 7.90. The molecule has 4 aromatic heterocycles. The molecule has 7 rings (SSSR count). The number of piperazine rings is 1. The summed E-state index contributed by atoms with van der Waals surface area (Å²) < 4.78 is 59.0. The molecule has 1 saturated carbocycles. The first-order valence-electron chi connectivity index (χ1n) is 16.0. The van der Waals surface area contributed by atoms with Gasteiger partial charge in [0.2, 0.25) is 0 Å². The number of likely N-dealkylation sites (N-methyl/N-ethyl adjacent to an activating group) is 1. The number of aryl methyl sites for hydroxylation is 1. The molecule has 16 heteroatoms.